The minimum Gasteiger partial charge on any atom is -0.384 e. The smallest absolute Gasteiger partial charge is 0.251 e. The van der Waals surface area contributed by atoms with E-state index >= 15 is 0 Å². The highest BCUT2D eigenvalue weighted by Gasteiger charge is 2.12. The molecular weight excluding hydrogens is 450 g/mol. The molecule has 1 heterocycles. The number of nitrogens with one attached hydrogen (secondary N) is 1. The molecule has 0 spiro atoms. The van der Waals surface area contributed by atoms with Crippen LogP contribution >= 0.6 is 23.2 Å². The van der Waals surface area contributed by atoms with Crippen molar-refractivity contribution in [1.29, 1.82) is 0 Å². The first-order valence-electron chi connectivity index (χ1n) is 9.85. The van der Waals surface area contributed by atoms with Gasteiger partial charge in [-0.25, -0.2) is 9.07 Å². The molecule has 32 heavy (non-hydrogen) atoms. The van der Waals surface area contributed by atoms with Crippen LogP contribution in [0, 0.1) is 5.82 Å². The molecule has 0 aliphatic carbocycles. The highest BCUT2D eigenvalue weighted by Crippen LogP contribution is 2.29. The molecular formula is C24H19Cl2FN4O. The number of anilines is 1. The number of rotatable bonds is 6. The number of carbonyl (C=O) groups is 1. The Morgan fingerprint density at radius 1 is 0.969 bits per heavy atom. The largest absolute Gasteiger partial charge is 0.384 e. The van der Waals surface area contributed by atoms with Gasteiger partial charge in [0.2, 0.25) is 0 Å². The highest BCUT2D eigenvalue weighted by molar-refractivity contribution is 6.42. The fraction of sp³-hybridized carbons (Fsp3) is 0.0833. The maximum Gasteiger partial charge on any atom is 0.251 e. The van der Waals surface area contributed by atoms with Crippen molar-refractivity contribution in [2.24, 2.45) is 0 Å². The first kappa shape index (κ1) is 21.9. The van der Waals surface area contributed by atoms with Gasteiger partial charge < -0.3 is 11.1 Å². The highest BCUT2D eigenvalue weighted by atomic mass is 35.5. The number of benzene rings is 3. The van der Waals surface area contributed by atoms with E-state index in [0.29, 0.717) is 40.1 Å². The average molecular weight is 469 g/mol. The Labute approximate surface area is 194 Å². The Morgan fingerprint density at radius 2 is 1.69 bits per heavy atom. The number of nitrogens with two attached hydrogens (primary N) is 1. The van der Waals surface area contributed by atoms with Crippen LogP contribution in [-0.2, 0) is 6.42 Å². The molecule has 4 rings (SSSR count). The maximum atomic E-state index is 13.0. The number of nitrogen functional groups attached to an aromatic ring is 1. The number of halogens is 3. The molecule has 0 unspecified atom stereocenters. The summed E-state index contributed by atoms with van der Waals surface area (Å²) >= 11 is 12.1. The van der Waals surface area contributed by atoms with Crippen LogP contribution in [0.2, 0.25) is 10.0 Å². The SMILES string of the molecule is Nc1cc(-c2ccc(Cl)c(Cl)c2)nn1-c1ccc(C(=O)NCCc2ccc(F)cc2)cc1. The first-order chi connectivity index (χ1) is 15.4. The lowest BCUT2D eigenvalue weighted by atomic mass is 10.1. The van der Waals surface area contributed by atoms with Crippen molar-refractivity contribution in [3.05, 3.63) is 99.8 Å². The summed E-state index contributed by atoms with van der Waals surface area (Å²) in [6.07, 6.45) is 0.616. The molecule has 0 radical (unpaired) electrons. The van der Waals surface area contributed by atoms with E-state index in [2.05, 4.69) is 10.4 Å². The van der Waals surface area contributed by atoms with Crippen LogP contribution in [0.5, 0.6) is 0 Å². The maximum absolute atomic E-state index is 13.0. The van der Waals surface area contributed by atoms with Gasteiger partial charge in [0.1, 0.15) is 11.6 Å². The first-order valence-corrected chi connectivity index (χ1v) is 10.6. The fourth-order valence-corrected chi connectivity index (χ4v) is 3.52. The second-order valence-corrected chi connectivity index (χ2v) is 7.99. The summed E-state index contributed by atoms with van der Waals surface area (Å²) < 4.78 is 14.6. The molecule has 0 atom stereocenters. The Balaban J connectivity index is 1.43. The van der Waals surface area contributed by atoms with E-state index in [9.17, 15) is 9.18 Å². The molecule has 0 aliphatic heterocycles. The van der Waals surface area contributed by atoms with E-state index in [1.54, 1.807) is 59.3 Å². The summed E-state index contributed by atoms with van der Waals surface area (Å²) in [5.74, 6) is -0.0223. The van der Waals surface area contributed by atoms with Gasteiger partial charge in [-0.05, 0) is 60.5 Å². The molecule has 8 heteroatoms. The second kappa shape index (κ2) is 9.42. The summed E-state index contributed by atoms with van der Waals surface area (Å²) in [5.41, 5.74) is 9.78. The van der Waals surface area contributed by atoms with Crippen LogP contribution in [-0.4, -0.2) is 22.2 Å². The number of hydrogen-bond donors (Lipinski definition) is 2. The lowest BCUT2D eigenvalue weighted by Gasteiger charge is -2.08. The third-order valence-corrected chi connectivity index (χ3v) is 5.68. The van der Waals surface area contributed by atoms with E-state index in [1.165, 1.54) is 12.1 Å². The number of carbonyl (C=O) groups excluding carboxylic acids is 1. The van der Waals surface area contributed by atoms with Crippen molar-refractivity contribution in [2.45, 2.75) is 6.42 Å². The van der Waals surface area contributed by atoms with Crippen LogP contribution in [0.3, 0.4) is 0 Å². The van der Waals surface area contributed by atoms with Crippen molar-refractivity contribution in [3.63, 3.8) is 0 Å². The van der Waals surface area contributed by atoms with E-state index < -0.39 is 0 Å². The summed E-state index contributed by atoms with van der Waals surface area (Å²) in [7, 11) is 0. The van der Waals surface area contributed by atoms with Crippen molar-refractivity contribution < 1.29 is 9.18 Å². The molecule has 0 aliphatic rings. The van der Waals surface area contributed by atoms with Crippen LogP contribution in [0.25, 0.3) is 16.9 Å². The lowest BCUT2D eigenvalue weighted by molar-refractivity contribution is 0.0954. The van der Waals surface area contributed by atoms with Crippen LogP contribution in [0.1, 0.15) is 15.9 Å². The Morgan fingerprint density at radius 3 is 2.38 bits per heavy atom. The summed E-state index contributed by atoms with van der Waals surface area (Å²) in [5, 5.41) is 8.32. The van der Waals surface area contributed by atoms with Crippen LogP contribution in [0.15, 0.2) is 72.8 Å². The van der Waals surface area contributed by atoms with Crippen molar-refractivity contribution in [1.82, 2.24) is 15.1 Å². The average Bonchev–Trinajstić information content (AvgIpc) is 3.18. The minimum atomic E-state index is -0.278. The van der Waals surface area contributed by atoms with Gasteiger partial charge in [0.15, 0.2) is 0 Å². The van der Waals surface area contributed by atoms with Gasteiger partial charge in [-0.1, -0.05) is 41.4 Å². The molecule has 0 bridgehead atoms. The number of amides is 1. The van der Waals surface area contributed by atoms with E-state index in [4.69, 9.17) is 28.9 Å². The van der Waals surface area contributed by atoms with Gasteiger partial charge in [-0.15, -0.1) is 0 Å². The van der Waals surface area contributed by atoms with Gasteiger partial charge in [-0.2, -0.15) is 5.10 Å². The Kier molecular flexibility index (Phi) is 6.44. The number of hydrogen-bond acceptors (Lipinski definition) is 3. The predicted octanol–water partition coefficient (Wildman–Crippen LogP) is 5.54. The molecule has 1 aromatic heterocycles. The molecule has 4 aromatic rings. The third-order valence-electron chi connectivity index (χ3n) is 4.94. The zero-order valence-electron chi connectivity index (χ0n) is 16.9. The standard InChI is InChI=1S/C24H19Cl2FN4O/c25-20-10-5-17(13-21(20)26)22-14-23(28)31(30-22)19-8-3-16(4-9-19)24(32)29-12-11-15-1-6-18(27)7-2-15/h1-10,13-14H,11-12,28H2,(H,29,32). The fourth-order valence-electron chi connectivity index (χ4n) is 3.23. The number of nitrogens with zero attached hydrogens (tertiary/aromatic N) is 2. The van der Waals surface area contributed by atoms with Crippen molar-refractivity contribution in [2.75, 3.05) is 12.3 Å². The van der Waals surface area contributed by atoms with Crippen molar-refractivity contribution >= 4 is 34.9 Å². The molecule has 162 valence electrons. The topological polar surface area (TPSA) is 72.9 Å². The Bertz CT molecular complexity index is 1250. The number of aromatic nitrogens is 2. The summed E-state index contributed by atoms with van der Waals surface area (Å²) in [4.78, 5) is 12.4. The zero-order valence-corrected chi connectivity index (χ0v) is 18.4. The molecule has 3 N–H and O–H groups in total. The van der Waals surface area contributed by atoms with Crippen molar-refractivity contribution in [3.8, 4) is 16.9 Å². The third kappa shape index (κ3) is 4.93. The molecule has 3 aromatic carbocycles. The normalized spacial score (nSPS) is 10.8. The minimum absolute atomic E-state index is 0.191. The van der Waals surface area contributed by atoms with Crippen LogP contribution in [0.4, 0.5) is 10.2 Å². The summed E-state index contributed by atoms with van der Waals surface area (Å²) in [6.45, 7) is 0.450. The Hall–Kier alpha value is -3.35. The molecule has 0 saturated carbocycles. The van der Waals surface area contributed by atoms with E-state index in [0.717, 1.165) is 16.8 Å². The zero-order chi connectivity index (χ0) is 22.7. The molecule has 0 fully saturated rings. The van der Waals surface area contributed by atoms with Gasteiger partial charge in [0.05, 0.1) is 21.4 Å². The van der Waals surface area contributed by atoms with Gasteiger partial charge in [0.25, 0.3) is 5.91 Å². The molecule has 5 nitrogen and oxygen atoms in total. The van der Waals surface area contributed by atoms with Gasteiger partial charge in [-0.3, -0.25) is 4.79 Å². The quantitative estimate of drug-likeness (QED) is 0.390. The molecule has 0 saturated heterocycles. The van der Waals surface area contributed by atoms with Crippen LogP contribution < -0.4 is 11.1 Å². The summed E-state index contributed by atoms with van der Waals surface area (Å²) in [6, 6.07) is 20.2. The van der Waals surface area contributed by atoms with E-state index in [-0.39, 0.29) is 11.7 Å². The lowest BCUT2D eigenvalue weighted by Crippen LogP contribution is -2.25. The van der Waals surface area contributed by atoms with E-state index in [1.807, 2.05) is 6.07 Å². The monoisotopic (exact) mass is 468 g/mol. The van der Waals surface area contributed by atoms with Gasteiger partial charge in [0, 0.05) is 23.7 Å². The van der Waals surface area contributed by atoms with Gasteiger partial charge >= 0.3 is 0 Å². The second-order valence-electron chi connectivity index (χ2n) is 7.17. The molecule has 1 amide bonds. The predicted molar refractivity (Wildman–Crippen MR) is 126 cm³/mol.